The molecule has 2 rings (SSSR count). The van der Waals surface area contributed by atoms with Crippen molar-refractivity contribution in [3.05, 3.63) is 30.1 Å². The van der Waals surface area contributed by atoms with Crippen LogP contribution in [0.1, 0.15) is 25.0 Å². The maximum Gasteiger partial charge on any atom is 0.188 e. The number of guanidine groups is 1. The molecule has 1 unspecified atom stereocenters. The van der Waals surface area contributed by atoms with Gasteiger partial charge in [0.25, 0.3) is 0 Å². The van der Waals surface area contributed by atoms with E-state index < -0.39 is 0 Å². The molecule has 1 saturated heterocycles. The molecule has 19 heavy (non-hydrogen) atoms. The molecular formula is C14H22N4O. The molecule has 3 N–H and O–H groups in total. The molecule has 0 amide bonds. The van der Waals surface area contributed by atoms with Gasteiger partial charge in [0.1, 0.15) is 0 Å². The molecule has 104 valence electrons. The molecule has 0 spiro atoms. The van der Waals surface area contributed by atoms with Crippen LogP contribution >= 0.6 is 0 Å². The van der Waals surface area contributed by atoms with Crippen molar-refractivity contribution < 1.29 is 4.74 Å². The van der Waals surface area contributed by atoms with E-state index in [2.05, 4.69) is 15.3 Å². The number of ether oxygens (including phenoxy) is 1. The largest absolute Gasteiger partial charge is 0.378 e. The summed E-state index contributed by atoms with van der Waals surface area (Å²) in [6.45, 7) is 2.38. The fourth-order valence-corrected chi connectivity index (χ4v) is 2.12. The van der Waals surface area contributed by atoms with Gasteiger partial charge in [0, 0.05) is 38.0 Å². The van der Waals surface area contributed by atoms with Crippen LogP contribution in [-0.2, 0) is 11.2 Å². The second kappa shape index (κ2) is 7.74. The van der Waals surface area contributed by atoms with Crippen LogP contribution in [0.25, 0.3) is 0 Å². The van der Waals surface area contributed by atoms with E-state index in [1.807, 2.05) is 18.2 Å². The third kappa shape index (κ3) is 5.26. The molecule has 5 heteroatoms. The lowest BCUT2D eigenvalue weighted by atomic mass is 10.2. The Balaban J connectivity index is 1.59. The van der Waals surface area contributed by atoms with Gasteiger partial charge in [-0.3, -0.25) is 9.98 Å². The van der Waals surface area contributed by atoms with Crippen molar-refractivity contribution in [2.75, 3.05) is 19.7 Å². The van der Waals surface area contributed by atoms with Crippen molar-refractivity contribution >= 4 is 5.96 Å². The fraction of sp³-hybridized carbons (Fsp3) is 0.571. The summed E-state index contributed by atoms with van der Waals surface area (Å²) in [5, 5.41) is 3.10. The third-order valence-electron chi connectivity index (χ3n) is 3.17. The number of pyridine rings is 1. The monoisotopic (exact) mass is 262 g/mol. The van der Waals surface area contributed by atoms with Crippen molar-refractivity contribution in [2.45, 2.75) is 31.8 Å². The van der Waals surface area contributed by atoms with Crippen LogP contribution in [0.3, 0.4) is 0 Å². The van der Waals surface area contributed by atoms with E-state index in [0.29, 0.717) is 12.1 Å². The lowest BCUT2D eigenvalue weighted by Crippen LogP contribution is -2.33. The average Bonchev–Trinajstić information content (AvgIpc) is 2.93. The molecule has 1 aliphatic rings. The maximum absolute atomic E-state index is 5.80. The van der Waals surface area contributed by atoms with Gasteiger partial charge >= 0.3 is 0 Å². The summed E-state index contributed by atoms with van der Waals surface area (Å²) >= 11 is 0. The molecule has 0 aromatic carbocycles. The van der Waals surface area contributed by atoms with Gasteiger partial charge in [0.2, 0.25) is 0 Å². The highest BCUT2D eigenvalue weighted by Gasteiger charge is 2.14. The second-order valence-corrected chi connectivity index (χ2v) is 4.69. The third-order valence-corrected chi connectivity index (χ3v) is 3.17. The standard InChI is InChI=1S/C14H22N4O/c15-14(18-10-7-13-5-3-11-19-13)17-9-6-12-4-1-2-8-16-12/h1-2,4,8,13H,3,5-7,9-11H2,(H3,15,17,18). The number of nitrogens with zero attached hydrogens (tertiary/aromatic N) is 2. The van der Waals surface area contributed by atoms with Crippen LogP contribution < -0.4 is 11.1 Å². The number of hydrogen-bond acceptors (Lipinski definition) is 3. The zero-order chi connectivity index (χ0) is 13.3. The summed E-state index contributed by atoms with van der Waals surface area (Å²) in [6.07, 6.45) is 6.32. The first kappa shape index (κ1) is 13.8. The predicted molar refractivity (Wildman–Crippen MR) is 76.0 cm³/mol. The van der Waals surface area contributed by atoms with Crippen LogP contribution in [0.4, 0.5) is 0 Å². The summed E-state index contributed by atoms with van der Waals surface area (Å²) in [7, 11) is 0. The Kier molecular flexibility index (Phi) is 5.62. The second-order valence-electron chi connectivity index (χ2n) is 4.69. The lowest BCUT2D eigenvalue weighted by molar-refractivity contribution is 0.106. The highest BCUT2D eigenvalue weighted by atomic mass is 16.5. The molecule has 5 nitrogen and oxygen atoms in total. The zero-order valence-corrected chi connectivity index (χ0v) is 11.2. The Labute approximate surface area is 114 Å². The molecule has 1 aromatic rings. The Morgan fingerprint density at radius 3 is 3.21 bits per heavy atom. The minimum atomic E-state index is 0.380. The molecule has 1 aromatic heterocycles. The van der Waals surface area contributed by atoms with E-state index in [0.717, 1.165) is 44.7 Å². The van der Waals surface area contributed by atoms with Crippen LogP contribution in [-0.4, -0.2) is 36.7 Å². The molecular weight excluding hydrogens is 240 g/mol. The van der Waals surface area contributed by atoms with Gasteiger partial charge in [-0.2, -0.15) is 0 Å². The molecule has 1 aliphatic heterocycles. The van der Waals surface area contributed by atoms with Crippen molar-refractivity contribution in [1.82, 2.24) is 10.3 Å². The number of nitrogens with two attached hydrogens (primary N) is 1. The highest BCUT2D eigenvalue weighted by Crippen LogP contribution is 2.14. The number of nitrogens with one attached hydrogen (secondary N) is 1. The molecule has 1 fully saturated rings. The first-order valence-electron chi connectivity index (χ1n) is 6.90. The number of aliphatic imine (C=N–C) groups is 1. The van der Waals surface area contributed by atoms with E-state index in [-0.39, 0.29) is 0 Å². The fourth-order valence-electron chi connectivity index (χ4n) is 2.12. The van der Waals surface area contributed by atoms with Crippen molar-refractivity contribution in [3.8, 4) is 0 Å². The van der Waals surface area contributed by atoms with E-state index in [9.17, 15) is 0 Å². The van der Waals surface area contributed by atoms with Gasteiger partial charge in [-0.25, -0.2) is 0 Å². The molecule has 1 atom stereocenters. The Bertz CT molecular complexity index is 388. The first-order valence-corrected chi connectivity index (χ1v) is 6.90. The van der Waals surface area contributed by atoms with E-state index >= 15 is 0 Å². The SMILES string of the molecule is NC(=NCCC1CCCO1)NCCc1ccccn1. The number of aromatic nitrogens is 1. The molecule has 2 heterocycles. The summed E-state index contributed by atoms with van der Waals surface area (Å²) in [5.41, 5.74) is 6.86. The topological polar surface area (TPSA) is 72.5 Å². The van der Waals surface area contributed by atoms with Gasteiger partial charge in [-0.1, -0.05) is 6.07 Å². The van der Waals surface area contributed by atoms with Gasteiger partial charge in [-0.15, -0.1) is 0 Å². The van der Waals surface area contributed by atoms with E-state index in [1.54, 1.807) is 6.20 Å². The maximum atomic E-state index is 5.80. The minimum Gasteiger partial charge on any atom is -0.378 e. The quantitative estimate of drug-likeness (QED) is 0.595. The van der Waals surface area contributed by atoms with Crippen molar-refractivity contribution in [2.24, 2.45) is 10.7 Å². The van der Waals surface area contributed by atoms with Crippen LogP contribution in [0, 0.1) is 0 Å². The minimum absolute atomic E-state index is 0.380. The molecule has 0 radical (unpaired) electrons. The lowest BCUT2D eigenvalue weighted by Gasteiger charge is -2.08. The number of hydrogen-bond donors (Lipinski definition) is 2. The summed E-state index contributed by atoms with van der Waals surface area (Å²) in [4.78, 5) is 8.55. The average molecular weight is 262 g/mol. The highest BCUT2D eigenvalue weighted by molar-refractivity contribution is 5.77. The first-order chi connectivity index (χ1) is 9.34. The summed E-state index contributed by atoms with van der Waals surface area (Å²) in [6, 6.07) is 5.91. The number of rotatable bonds is 6. The van der Waals surface area contributed by atoms with Crippen LogP contribution in [0.15, 0.2) is 29.4 Å². The molecule has 0 bridgehead atoms. The Morgan fingerprint density at radius 2 is 2.47 bits per heavy atom. The zero-order valence-electron chi connectivity index (χ0n) is 11.2. The van der Waals surface area contributed by atoms with Gasteiger partial charge < -0.3 is 15.8 Å². The smallest absolute Gasteiger partial charge is 0.188 e. The van der Waals surface area contributed by atoms with Crippen LogP contribution in [0.5, 0.6) is 0 Å². The van der Waals surface area contributed by atoms with Gasteiger partial charge in [0.05, 0.1) is 6.10 Å². The Hall–Kier alpha value is -1.62. The van der Waals surface area contributed by atoms with Crippen LogP contribution in [0.2, 0.25) is 0 Å². The normalized spacial score (nSPS) is 19.6. The molecule has 0 saturated carbocycles. The van der Waals surface area contributed by atoms with Gasteiger partial charge in [-0.05, 0) is 31.4 Å². The van der Waals surface area contributed by atoms with E-state index in [4.69, 9.17) is 10.5 Å². The van der Waals surface area contributed by atoms with Crippen molar-refractivity contribution in [3.63, 3.8) is 0 Å². The predicted octanol–water partition coefficient (Wildman–Crippen LogP) is 1.10. The summed E-state index contributed by atoms with van der Waals surface area (Å²) < 4.78 is 5.53. The van der Waals surface area contributed by atoms with Crippen molar-refractivity contribution in [1.29, 1.82) is 0 Å². The van der Waals surface area contributed by atoms with Gasteiger partial charge in [0.15, 0.2) is 5.96 Å². The Morgan fingerprint density at radius 1 is 1.53 bits per heavy atom. The summed E-state index contributed by atoms with van der Waals surface area (Å²) in [5.74, 6) is 0.508. The molecule has 0 aliphatic carbocycles. The van der Waals surface area contributed by atoms with E-state index in [1.165, 1.54) is 6.42 Å².